The van der Waals surface area contributed by atoms with Gasteiger partial charge in [0.15, 0.2) is 0 Å². The number of hydrogen-bond donors (Lipinski definition) is 1. The molecule has 0 aliphatic heterocycles. The van der Waals surface area contributed by atoms with E-state index in [0.717, 1.165) is 30.0 Å². The summed E-state index contributed by atoms with van der Waals surface area (Å²) in [6.07, 6.45) is 3.96. The summed E-state index contributed by atoms with van der Waals surface area (Å²) in [4.78, 5) is 0. The van der Waals surface area contributed by atoms with E-state index in [0.29, 0.717) is 6.04 Å². The Balaban J connectivity index is 1.98. The van der Waals surface area contributed by atoms with E-state index in [1.165, 1.54) is 5.56 Å². The highest BCUT2D eigenvalue weighted by molar-refractivity contribution is 5.47. The van der Waals surface area contributed by atoms with E-state index in [4.69, 9.17) is 4.74 Å². The average molecular weight is 273 g/mol. The lowest BCUT2D eigenvalue weighted by atomic mass is 10.1. The van der Waals surface area contributed by atoms with Gasteiger partial charge in [-0.2, -0.15) is 5.10 Å². The molecule has 0 fully saturated rings. The molecule has 2 aromatic rings. The maximum absolute atomic E-state index is 5.18. The van der Waals surface area contributed by atoms with Crippen LogP contribution in [-0.4, -0.2) is 22.9 Å². The number of rotatable bonds is 6. The fourth-order valence-corrected chi connectivity index (χ4v) is 2.35. The molecule has 0 spiro atoms. The molecule has 2 rings (SSSR count). The molecule has 0 bridgehead atoms. The van der Waals surface area contributed by atoms with Gasteiger partial charge < -0.3 is 10.1 Å². The van der Waals surface area contributed by atoms with E-state index in [-0.39, 0.29) is 0 Å². The molecule has 1 unspecified atom stereocenters. The van der Waals surface area contributed by atoms with Gasteiger partial charge in [-0.3, -0.25) is 4.68 Å². The van der Waals surface area contributed by atoms with Crippen molar-refractivity contribution in [3.05, 3.63) is 41.7 Å². The SMILES string of the molecule is CCc1nn(C)cc1NC(C)Cc1ccc(OC)cc1. The fourth-order valence-electron chi connectivity index (χ4n) is 2.35. The van der Waals surface area contributed by atoms with E-state index in [1.54, 1.807) is 7.11 Å². The van der Waals surface area contributed by atoms with Crippen LogP contribution in [-0.2, 0) is 19.9 Å². The van der Waals surface area contributed by atoms with Crippen molar-refractivity contribution < 1.29 is 4.74 Å². The van der Waals surface area contributed by atoms with Gasteiger partial charge in [0.05, 0.1) is 18.5 Å². The molecule has 20 heavy (non-hydrogen) atoms. The smallest absolute Gasteiger partial charge is 0.118 e. The molecular weight excluding hydrogens is 250 g/mol. The minimum absolute atomic E-state index is 0.359. The molecule has 1 heterocycles. The first-order valence-electron chi connectivity index (χ1n) is 7.04. The van der Waals surface area contributed by atoms with E-state index in [9.17, 15) is 0 Å². The molecule has 0 aliphatic carbocycles. The van der Waals surface area contributed by atoms with E-state index >= 15 is 0 Å². The highest BCUT2D eigenvalue weighted by Gasteiger charge is 2.09. The van der Waals surface area contributed by atoms with Gasteiger partial charge in [0.1, 0.15) is 5.75 Å². The molecule has 0 radical (unpaired) electrons. The van der Waals surface area contributed by atoms with Gasteiger partial charge >= 0.3 is 0 Å². The predicted octanol–water partition coefficient (Wildman–Crippen LogP) is 3.03. The van der Waals surface area contributed by atoms with E-state index in [2.05, 4.69) is 36.4 Å². The van der Waals surface area contributed by atoms with Crippen molar-refractivity contribution in [1.82, 2.24) is 9.78 Å². The van der Waals surface area contributed by atoms with Crippen LogP contribution in [0.1, 0.15) is 25.1 Å². The van der Waals surface area contributed by atoms with Crippen LogP contribution < -0.4 is 10.1 Å². The largest absolute Gasteiger partial charge is 0.497 e. The minimum Gasteiger partial charge on any atom is -0.497 e. The van der Waals surface area contributed by atoms with Gasteiger partial charge in [-0.15, -0.1) is 0 Å². The van der Waals surface area contributed by atoms with Crippen LogP contribution in [0, 0.1) is 0 Å². The molecule has 108 valence electrons. The zero-order valence-corrected chi connectivity index (χ0v) is 12.7. The Morgan fingerprint density at radius 2 is 2.00 bits per heavy atom. The summed E-state index contributed by atoms with van der Waals surface area (Å²) in [7, 11) is 3.65. The van der Waals surface area contributed by atoms with Crippen molar-refractivity contribution >= 4 is 5.69 Å². The Bertz CT molecular complexity index is 545. The summed E-state index contributed by atoms with van der Waals surface area (Å²) in [6.45, 7) is 4.32. The molecule has 1 aromatic carbocycles. The number of benzene rings is 1. The van der Waals surface area contributed by atoms with Crippen LogP contribution >= 0.6 is 0 Å². The maximum Gasteiger partial charge on any atom is 0.118 e. The summed E-state index contributed by atoms with van der Waals surface area (Å²) < 4.78 is 7.04. The molecular formula is C16H23N3O. The van der Waals surface area contributed by atoms with Crippen LogP contribution in [0.4, 0.5) is 5.69 Å². The lowest BCUT2D eigenvalue weighted by Crippen LogP contribution is -2.18. The maximum atomic E-state index is 5.18. The average Bonchev–Trinajstić information content (AvgIpc) is 2.79. The van der Waals surface area contributed by atoms with E-state index < -0.39 is 0 Å². The van der Waals surface area contributed by atoms with Crippen LogP contribution in [0.3, 0.4) is 0 Å². The molecule has 0 amide bonds. The Hall–Kier alpha value is -1.97. The number of anilines is 1. The van der Waals surface area contributed by atoms with Crippen molar-refractivity contribution in [2.24, 2.45) is 7.05 Å². The summed E-state index contributed by atoms with van der Waals surface area (Å²) in [5.41, 5.74) is 3.55. The number of hydrogen-bond acceptors (Lipinski definition) is 3. The molecule has 0 saturated heterocycles. The van der Waals surface area contributed by atoms with Crippen molar-refractivity contribution in [3.8, 4) is 5.75 Å². The van der Waals surface area contributed by atoms with Crippen molar-refractivity contribution in [1.29, 1.82) is 0 Å². The van der Waals surface area contributed by atoms with Crippen molar-refractivity contribution in [3.63, 3.8) is 0 Å². The molecule has 4 nitrogen and oxygen atoms in total. The third-order valence-corrected chi connectivity index (χ3v) is 3.34. The second kappa shape index (κ2) is 6.46. The molecule has 1 N–H and O–H groups in total. The topological polar surface area (TPSA) is 39.1 Å². The van der Waals surface area contributed by atoms with Gasteiger partial charge in [-0.25, -0.2) is 0 Å². The second-order valence-electron chi connectivity index (χ2n) is 5.11. The van der Waals surface area contributed by atoms with E-state index in [1.807, 2.05) is 30.1 Å². The number of aryl methyl sites for hydroxylation is 2. The number of methoxy groups -OCH3 is 1. The van der Waals surface area contributed by atoms with Gasteiger partial charge in [-0.1, -0.05) is 19.1 Å². The standard InChI is InChI=1S/C16H23N3O/c1-5-15-16(11-19(3)18-15)17-12(2)10-13-6-8-14(20-4)9-7-13/h6-9,11-12,17H,5,10H2,1-4H3. The number of nitrogens with one attached hydrogen (secondary N) is 1. The molecule has 1 aromatic heterocycles. The summed E-state index contributed by atoms with van der Waals surface area (Å²) in [6, 6.07) is 8.59. The van der Waals surface area contributed by atoms with Gasteiger partial charge in [-0.05, 0) is 37.5 Å². The molecule has 0 aliphatic rings. The first-order valence-corrected chi connectivity index (χ1v) is 7.04. The first-order chi connectivity index (χ1) is 9.62. The highest BCUT2D eigenvalue weighted by Crippen LogP contribution is 2.17. The first kappa shape index (κ1) is 14.4. The monoisotopic (exact) mass is 273 g/mol. The lowest BCUT2D eigenvalue weighted by Gasteiger charge is -2.15. The fraction of sp³-hybridized carbons (Fsp3) is 0.438. The Labute approximate surface area is 120 Å². The van der Waals surface area contributed by atoms with Crippen molar-refractivity contribution in [2.75, 3.05) is 12.4 Å². The van der Waals surface area contributed by atoms with Gasteiger partial charge in [0.2, 0.25) is 0 Å². The summed E-state index contributed by atoms with van der Waals surface area (Å²) in [5.74, 6) is 0.898. The third kappa shape index (κ3) is 3.53. The van der Waals surface area contributed by atoms with Gasteiger partial charge in [0.25, 0.3) is 0 Å². The Morgan fingerprint density at radius 3 is 2.60 bits per heavy atom. The third-order valence-electron chi connectivity index (χ3n) is 3.34. The van der Waals surface area contributed by atoms with Crippen LogP contribution in [0.2, 0.25) is 0 Å². The normalized spacial score (nSPS) is 12.2. The minimum atomic E-state index is 0.359. The lowest BCUT2D eigenvalue weighted by molar-refractivity contribution is 0.414. The Kier molecular flexibility index (Phi) is 4.66. The molecule has 4 heteroatoms. The summed E-state index contributed by atoms with van der Waals surface area (Å²) >= 11 is 0. The number of ether oxygens (including phenoxy) is 1. The van der Waals surface area contributed by atoms with Gasteiger partial charge in [0, 0.05) is 19.3 Å². The summed E-state index contributed by atoms with van der Waals surface area (Å²) in [5, 5.41) is 7.99. The van der Waals surface area contributed by atoms with Crippen LogP contribution in [0.5, 0.6) is 5.75 Å². The van der Waals surface area contributed by atoms with Crippen molar-refractivity contribution in [2.45, 2.75) is 32.7 Å². The second-order valence-corrected chi connectivity index (χ2v) is 5.11. The van der Waals surface area contributed by atoms with Crippen LogP contribution in [0.15, 0.2) is 30.5 Å². The number of nitrogens with zero attached hydrogens (tertiary/aromatic N) is 2. The predicted molar refractivity (Wildman–Crippen MR) is 82.4 cm³/mol. The zero-order chi connectivity index (χ0) is 14.5. The number of aromatic nitrogens is 2. The Morgan fingerprint density at radius 1 is 1.30 bits per heavy atom. The zero-order valence-electron chi connectivity index (χ0n) is 12.7. The molecule has 0 saturated carbocycles. The molecule has 1 atom stereocenters. The quantitative estimate of drug-likeness (QED) is 0.879. The highest BCUT2D eigenvalue weighted by atomic mass is 16.5. The van der Waals surface area contributed by atoms with Crippen LogP contribution in [0.25, 0.3) is 0 Å².